The minimum Gasteiger partial charge on any atom is -0.486 e. The summed E-state index contributed by atoms with van der Waals surface area (Å²) in [5.74, 6) is -0.0536. The lowest BCUT2D eigenvalue weighted by molar-refractivity contribution is 0.0696. The number of carbonyl (C=O) groups is 1. The molecule has 4 heteroatoms. The predicted molar refractivity (Wildman–Crippen MR) is 109 cm³/mol. The van der Waals surface area contributed by atoms with Gasteiger partial charge in [-0.3, -0.25) is 0 Å². The Hall–Kier alpha value is -1.81. The first-order valence-corrected chi connectivity index (χ1v) is 9.98. The van der Waals surface area contributed by atoms with Crippen molar-refractivity contribution in [1.29, 1.82) is 0 Å². The fourth-order valence-electron chi connectivity index (χ4n) is 3.03. The normalized spacial score (nSPS) is 12.0. The van der Waals surface area contributed by atoms with Crippen LogP contribution in [0, 0.1) is 13.8 Å². The van der Waals surface area contributed by atoms with E-state index in [9.17, 15) is 4.79 Å². The smallest absolute Gasteiger partial charge is 0.335 e. The van der Waals surface area contributed by atoms with Gasteiger partial charge in [0.25, 0.3) is 0 Å². The van der Waals surface area contributed by atoms with Crippen molar-refractivity contribution in [3.05, 3.63) is 63.1 Å². The molecule has 2 rings (SSSR count). The van der Waals surface area contributed by atoms with Crippen LogP contribution in [0.2, 0.25) is 0 Å². The van der Waals surface area contributed by atoms with Gasteiger partial charge < -0.3 is 9.84 Å². The minimum absolute atomic E-state index is 0.0744. The zero-order valence-electron chi connectivity index (χ0n) is 15.7. The summed E-state index contributed by atoms with van der Waals surface area (Å²) in [7, 11) is 0. The molecule has 0 fully saturated rings. The van der Waals surface area contributed by atoms with E-state index in [1.165, 1.54) is 19.3 Å². The molecule has 0 spiro atoms. The third-order valence-electron chi connectivity index (χ3n) is 4.54. The molecule has 0 aliphatic carbocycles. The second-order valence-corrected chi connectivity index (χ2v) is 7.55. The number of ether oxygens (including phenoxy) is 1. The number of carboxylic acids is 1. The topological polar surface area (TPSA) is 46.5 Å². The van der Waals surface area contributed by atoms with Crippen molar-refractivity contribution < 1.29 is 14.6 Å². The number of aromatic carboxylic acids is 1. The number of halogens is 1. The molecule has 0 aliphatic heterocycles. The highest BCUT2D eigenvalue weighted by molar-refractivity contribution is 9.10. The van der Waals surface area contributed by atoms with Gasteiger partial charge in [-0.05, 0) is 67.6 Å². The Morgan fingerprint density at radius 1 is 1.08 bits per heavy atom. The number of hydrogen-bond donors (Lipinski definition) is 1. The van der Waals surface area contributed by atoms with Crippen LogP contribution in [0.15, 0.2) is 40.9 Å². The molecule has 0 saturated carbocycles. The molecule has 0 aromatic heterocycles. The Morgan fingerprint density at radius 3 is 2.23 bits per heavy atom. The zero-order chi connectivity index (χ0) is 19.1. The average Bonchev–Trinajstić information content (AvgIpc) is 2.62. The second kappa shape index (κ2) is 9.77. The molecule has 0 heterocycles. The molecule has 1 atom stereocenters. The van der Waals surface area contributed by atoms with Crippen LogP contribution in [-0.2, 0) is 0 Å². The number of hydrogen-bond acceptors (Lipinski definition) is 2. The lowest BCUT2D eigenvalue weighted by atomic mass is 10.0. The summed E-state index contributed by atoms with van der Waals surface area (Å²) in [4.78, 5) is 11.1. The van der Waals surface area contributed by atoms with E-state index < -0.39 is 5.97 Å². The maximum atomic E-state index is 11.1. The Morgan fingerprint density at radius 2 is 1.69 bits per heavy atom. The molecule has 0 bridgehead atoms. The van der Waals surface area contributed by atoms with Gasteiger partial charge in [-0.25, -0.2) is 4.79 Å². The molecule has 1 unspecified atom stereocenters. The highest BCUT2D eigenvalue weighted by atomic mass is 79.9. The van der Waals surface area contributed by atoms with Crippen LogP contribution in [0.3, 0.4) is 0 Å². The molecule has 140 valence electrons. The molecular weight excluding hydrogens is 392 g/mol. The first-order chi connectivity index (χ1) is 12.4. The van der Waals surface area contributed by atoms with Crippen molar-refractivity contribution in [1.82, 2.24) is 0 Å². The number of aryl methyl sites for hydroxylation is 2. The summed E-state index contributed by atoms with van der Waals surface area (Å²) in [6, 6.07) is 11.1. The lowest BCUT2D eigenvalue weighted by Gasteiger charge is -2.21. The molecule has 1 N–H and O–H groups in total. The molecule has 0 saturated heterocycles. The number of rotatable bonds is 9. The van der Waals surface area contributed by atoms with Gasteiger partial charge >= 0.3 is 5.97 Å². The van der Waals surface area contributed by atoms with E-state index in [2.05, 4.69) is 36.7 Å². The standard InChI is InChI=1S/C22H27BrO3/c1-4-5-6-7-8-20(17-9-11-18(12-10-17)22(24)25)26-19-13-15(2)21(23)16(3)14-19/h9-14,20H,4-8H2,1-3H3,(H,24,25). The van der Waals surface area contributed by atoms with Crippen molar-refractivity contribution in [2.45, 2.75) is 59.0 Å². The van der Waals surface area contributed by atoms with Gasteiger partial charge in [-0.1, -0.05) is 54.2 Å². The van der Waals surface area contributed by atoms with Gasteiger partial charge in [0.2, 0.25) is 0 Å². The van der Waals surface area contributed by atoms with E-state index in [0.29, 0.717) is 5.56 Å². The van der Waals surface area contributed by atoms with Crippen molar-refractivity contribution in [3.63, 3.8) is 0 Å². The van der Waals surface area contributed by atoms with Crippen LogP contribution in [0.25, 0.3) is 0 Å². The highest BCUT2D eigenvalue weighted by Gasteiger charge is 2.15. The SMILES string of the molecule is CCCCCCC(Oc1cc(C)c(Br)c(C)c1)c1ccc(C(=O)O)cc1. The van der Waals surface area contributed by atoms with Gasteiger partial charge in [-0.2, -0.15) is 0 Å². The summed E-state index contributed by atoms with van der Waals surface area (Å²) >= 11 is 3.59. The maximum Gasteiger partial charge on any atom is 0.335 e. The zero-order valence-corrected chi connectivity index (χ0v) is 17.3. The van der Waals surface area contributed by atoms with Gasteiger partial charge in [0, 0.05) is 4.47 Å². The fourth-order valence-corrected chi connectivity index (χ4v) is 3.26. The molecule has 0 amide bonds. The monoisotopic (exact) mass is 418 g/mol. The van der Waals surface area contributed by atoms with E-state index in [0.717, 1.165) is 39.8 Å². The van der Waals surface area contributed by atoms with Gasteiger partial charge in [0.05, 0.1) is 5.56 Å². The van der Waals surface area contributed by atoms with Crippen LogP contribution in [0.5, 0.6) is 5.75 Å². The summed E-state index contributed by atoms with van der Waals surface area (Å²) in [6.45, 7) is 6.32. The van der Waals surface area contributed by atoms with Crippen molar-refractivity contribution in [2.75, 3.05) is 0 Å². The predicted octanol–water partition coefficient (Wildman–Crippen LogP) is 6.85. The average molecular weight is 419 g/mol. The molecule has 2 aromatic rings. The van der Waals surface area contributed by atoms with Crippen LogP contribution in [0.1, 0.15) is 72.2 Å². The van der Waals surface area contributed by atoms with Crippen molar-refractivity contribution in [2.24, 2.45) is 0 Å². The third kappa shape index (κ3) is 5.60. The molecular formula is C22H27BrO3. The summed E-state index contributed by atoms with van der Waals surface area (Å²) < 4.78 is 7.44. The molecule has 2 aromatic carbocycles. The van der Waals surface area contributed by atoms with Crippen molar-refractivity contribution in [3.8, 4) is 5.75 Å². The fraction of sp³-hybridized carbons (Fsp3) is 0.409. The Labute approximate surface area is 164 Å². The summed E-state index contributed by atoms with van der Waals surface area (Å²) in [5, 5.41) is 9.10. The van der Waals surface area contributed by atoms with Gasteiger partial charge in [0.15, 0.2) is 0 Å². The first-order valence-electron chi connectivity index (χ1n) is 9.19. The highest BCUT2D eigenvalue weighted by Crippen LogP contribution is 2.31. The maximum absolute atomic E-state index is 11.1. The first kappa shape index (κ1) is 20.5. The van der Waals surface area contributed by atoms with E-state index >= 15 is 0 Å². The largest absolute Gasteiger partial charge is 0.486 e. The molecule has 0 radical (unpaired) electrons. The molecule has 3 nitrogen and oxygen atoms in total. The number of carboxylic acid groups (broad SMARTS) is 1. The number of benzene rings is 2. The van der Waals surface area contributed by atoms with Crippen LogP contribution in [0.4, 0.5) is 0 Å². The lowest BCUT2D eigenvalue weighted by Crippen LogP contribution is -2.09. The van der Waals surface area contributed by atoms with E-state index in [4.69, 9.17) is 9.84 Å². The third-order valence-corrected chi connectivity index (χ3v) is 5.79. The Balaban J connectivity index is 2.21. The summed E-state index contributed by atoms with van der Waals surface area (Å²) in [5.41, 5.74) is 3.61. The van der Waals surface area contributed by atoms with E-state index in [-0.39, 0.29) is 6.10 Å². The van der Waals surface area contributed by atoms with Crippen LogP contribution < -0.4 is 4.74 Å². The van der Waals surface area contributed by atoms with Gasteiger partial charge in [0.1, 0.15) is 11.9 Å². The van der Waals surface area contributed by atoms with Gasteiger partial charge in [-0.15, -0.1) is 0 Å². The second-order valence-electron chi connectivity index (χ2n) is 6.75. The number of unbranched alkanes of at least 4 members (excludes halogenated alkanes) is 3. The van der Waals surface area contributed by atoms with E-state index in [1.807, 2.05) is 24.3 Å². The van der Waals surface area contributed by atoms with Crippen LogP contribution >= 0.6 is 15.9 Å². The summed E-state index contributed by atoms with van der Waals surface area (Å²) in [6.07, 6.45) is 5.54. The Kier molecular flexibility index (Phi) is 7.70. The Bertz CT molecular complexity index is 715. The van der Waals surface area contributed by atoms with Crippen molar-refractivity contribution >= 4 is 21.9 Å². The quantitative estimate of drug-likeness (QED) is 0.452. The van der Waals surface area contributed by atoms with E-state index in [1.54, 1.807) is 12.1 Å². The van der Waals surface area contributed by atoms with Crippen LogP contribution in [-0.4, -0.2) is 11.1 Å². The minimum atomic E-state index is -0.906. The molecule has 26 heavy (non-hydrogen) atoms. The molecule has 0 aliphatic rings.